The number of hydrogen-bond acceptors (Lipinski definition) is 3. The van der Waals surface area contributed by atoms with E-state index in [0.29, 0.717) is 0 Å². The largest absolute Gasteiger partial charge is 0.481 e. The third kappa shape index (κ3) is 3.00. The molecule has 2 aromatic rings. The number of carboxylic acid groups (broad SMARTS) is 1. The van der Waals surface area contributed by atoms with Gasteiger partial charge in [0, 0.05) is 11.8 Å². The molecule has 5 nitrogen and oxygen atoms in total. The maximum absolute atomic E-state index is 13.0. The Morgan fingerprint density at radius 2 is 2.00 bits per heavy atom. The molecule has 1 aromatic carbocycles. The van der Waals surface area contributed by atoms with Crippen LogP contribution in [0.2, 0.25) is 10.0 Å². The number of rotatable bonds is 2. The van der Waals surface area contributed by atoms with Gasteiger partial charge in [-0.1, -0.05) is 35.3 Å². The molecule has 0 bridgehead atoms. The number of halogens is 5. The van der Waals surface area contributed by atoms with Crippen LogP contribution in [0, 0.1) is 5.92 Å². The quantitative estimate of drug-likeness (QED) is 0.812. The van der Waals surface area contributed by atoms with E-state index in [-0.39, 0.29) is 27.1 Å². The van der Waals surface area contributed by atoms with Crippen molar-refractivity contribution in [3.8, 4) is 0 Å². The molecule has 1 aliphatic rings. The number of benzene rings is 1. The van der Waals surface area contributed by atoms with Crippen LogP contribution in [-0.2, 0) is 11.0 Å². The maximum Gasteiger partial charge on any atom is 0.435 e. The van der Waals surface area contributed by atoms with Gasteiger partial charge in [0.15, 0.2) is 11.5 Å². The number of carboxylic acids is 1. The van der Waals surface area contributed by atoms with Crippen molar-refractivity contribution >= 4 is 40.7 Å². The minimum Gasteiger partial charge on any atom is -0.481 e. The van der Waals surface area contributed by atoms with Gasteiger partial charge in [-0.2, -0.15) is 18.3 Å². The summed E-state index contributed by atoms with van der Waals surface area (Å²) in [6.45, 7) is 1.44. The van der Waals surface area contributed by atoms with E-state index in [4.69, 9.17) is 23.2 Å². The molecule has 0 spiro atoms. The standard InChI is InChI=1S/C15H10Cl2F3N3O2/c1-6-11(14(24)25)13(7-3-2-4-8(16)12(7)17)23-10(21-6)5-9(22-23)15(18,19)20/h2-5,11,13H,1H3,(H,24,25). The molecule has 2 atom stereocenters. The average molecular weight is 392 g/mol. The van der Waals surface area contributed by atoms with Gasteiger partial charge in [-0.15, -0.1) is 0 Å². The highest BCUT2D eigenvalue weighted by Crippen LogP contribution is 2.42. The molecule has 132 valence electrons. The molecule has 3 rings (SSSR count). The predicted molar refractivity (Wildman–Crippen MR) is 85.7 cm³/mol. The minimum absolute atomic E-state index is 0.0603. The van der Waals surface area contributed by atoms with E-state index in [2.05, 4.69) is 10.1 Å². The molecule has 0 saturated carbocycles. The lowest BCUT2D eigenvalue weighted by molar-refractivity contribution is -0.141. The lowest BCUT2D eigenvalue weighted by atomic mass is 9.88. The summed E-state index contributed by atoms with van der Waals surface area (Å²) >= 11 is 12.2. The molecule has 0 fully saturated rings. The fourth-order valence-corrected chi connectivity index (χ4v) is 3.22. The van der Waals surface area contributed by atoms with Gasteiger partial charge in [0.05, 0.1) is 16.1 Å². The van der Waals surface area contributed by atoms with Gasteiger partial charge in [-0.3, -0.25) is 4.79 Å². The Morgan fingerprint density at radius 3 is 2.60 bits per heavy atom. The fourth-order valence-electron chi connectivity index (χ4n) is 2.81. The number of aromatic nitrogens is 2. The summed E-state index contributed by atoms with van der Waals surface area (Å²) in [7, 11) is 0. The highest BCUT2D eigenvalue weighted by atomic mass is 35.5. The Morgan fingerprint density at radius 1 is 1.32 bits per heavy atom. The van der Waals surface area contributed by atoms with Crippen molar-refractivity contribution in [1.82, 2.24) is 9.78 Å². The molecule has 0 radical (unpaired) electrons. The first-order valence-corrected chi connectivity index (χ1v) is 7.75. The summed E-state index contributed by atoms with van der Waals surface area (Å²) in [5, 5.41) is 13.3. The van der Waals surface area contributed by atoms with Crippen molar-refractivity contribution in [3.05, 3.63) is 45.6 Å². The van der Waals surface area contributed by atoms with Crippen LogP contribution in [-0.4, -0.2) is 26.6 Å². The lowest BCUT2D eigenvalue weighted by Gasteiger charge is -2.30. The topological polar surface area (TPSA) is 67.5 Å². The van der Waals surface area contributed by atoms with E-state index in [1.54, 1.807) is 0 Å². The minimum atomic E-state index is -4.69. The molecule has 1 aliphatic heterocycles. The summed E-state index contributed by atoms with van der Waals surface area (Å²) < 4.78 is 40.0. The van der Waals surface area contributed by atoms with Crippen LogP contribution in [0.15, 0.2) is 29.3 Å². The third-order valence-corrected chi connectivity index (χ3v) is 4.73. The van der Waals surface area contributed by atoms with Crippen molar-refractivity contribution in [2.75, 3.05) is 0 Å². The molecule has 1 N–H and O–H groups in total. The van der Waals surface area contributed by atoms with Crippen LogP contribution >= 0.6 is 23.2 Å². The Bertz CT molecular complexity index is 893. The monoisotopic (exact) mass is 391 g/mol. The predicted octanol–water partition coefficient (Wildman–Crippen LogP) is 4.60. The lowest BCUT2D eigenvalue weighted by Crippen LogP contribution is -2.36. The second-order valence-electron chi connectivity index (χ2n) is 5.49. The summed E-state index contributed by atoms with van der Waals surface area (Å²) in [5.74, 6) is -2.58. The molecule has 2 unspecified atom stereocenters. The van der Waals surface area contributed by atoms with E-state index in [1.165, 1.54) is 25.1 Å². The van der Waals surface area contributed by atoms with Crippen molar-refractivity contribution in [1.29, 1.82) is 0 Å². The average Bonchev–Trinajstić information content (AvgIpc) is 2.92. The number of fused-ring (bicyclic) bond motifs is 1. The summed E-state index contributed by atoms with van der Waals surface area (Å²) in [6.07, 6.45) is -4.69. The van der Waals surface area contributed by atoms with Crippen molar-refractivity contribution in [3.63, 3.8) is 0 Å². The SMILES string of the molecule is CC1=Nc2cc(C(F)(F)F)nn2C(c2cccc(Cl)c2Cl)C1C(=O)O. The summed E-state index contributed by atoms with van der Waals surface area (Å²) in [6, 6.07) is 4.21. The normalized spacial score (nSPS) is 20.2. The van der Waals surface area contributed by atoms with Gasteiger partial charge in [0.25, 0.3) is 0 Å². The smallest absolute Gasteiger partial charge is 0.435 e. The zero-order chi connectivity index (χ0) is 18.5. The summed E-state index contributed by atoms with van der Waals surface area (Å²) in [5.41, 5.74) is -0.753. The number of aliphatic imine (C=N–C) groups is 1. The van der Waals surface area contributed by atoms with Crippen LogP contribution in [0.5, 0.6) is 0 Å². The molecule has 0 amide bonds. The first-order chi connectivity index (χ1) is 11.6. The fraction of sp³-hybridized carbons (Fsp3) is 0.267. The zero-order valence-electron chi connectivity index (χ0n) is 12.6. The van der Waals surface area contributed by atoms with E-state index in [9.17, 15) is 23.1 Å². The maximum atomic E-state index is 13.0. The molecule has 2 heterocycles. The number of nitrogens with zero attached hydrogens (tertiary/aromatic N) is 3. The number of carbonyl (C=O) groups is 1. The number of alkyl halides is 3. The molecular weight excluding hydrogens is 382 g/mol. The van der Waals surface area contributed by atoms with Crippen LogP contribution in [0.3, 0.4) is 0 Å². The van der Waals surface area contributed by atoms with E-state index < -0.39 is 29.8 Å². The molecule has 1 aromatic heterocycles. The second-order valence-corrected chi connectivity index (χ2v) is 6.27. The van der Waals surface area contributed by atoms with Crippen LogP contribution in [0.25, 0.3) is 0 Å². The number of aliphatic carboxylic acids is 1. The van der Waals surface area contributed by atoms with Crippen LogP contribution < -0.4 is 0 Å². The van der Waals surface area contributed by atoms with E-state index in [1.807, 2.05) is 0 Å². The van der Waals surface area contributed by atoms with Gasteiger partial charge in [-0.25, -0.2) is 9.67 Å². The van der Waals surface area contributed by atoms with Gasteiger partial charge in [0.1, 0.15) is 5.92 Å². The highest BCUT2D eigenvalue weighted by molar-refractivity contribution is 6.42. The second kappa shape index (κ2) is 6.03. The Balaban J connectivity index is 2.27. The Labute approximate surface area is 149 Å². The summed E-state index contributed by atoms with van der Waals surface area (Å²) in [4.78, 5) is 15.7. The Kier molecular flexibility index (Phi) is 4.28. The van der Waals surface area contributed by atoms with Crippen molar-refractivity contribution in [2.24, 2.45) is 10.9 Å². The molecular formula is C15H10Cl2F3N3O2. The first kappa shape index (κ1) is 17.8. The molecule has 0 aliphatic carbocycles. The van der Waals surface area contributed by atoms with Crippen LogP contribution in [0.4, 0.5) is 19.0 Å². The highest BCUT2D eigenvalue weighted by Gasteiger charge is 2.42. The zero-order valence-corrected chi connectivity index (χ0v) is 14.1. The van der Waals surface area contributed by atoms with Gasteiger partial charge in [0.2, 0.25) is 0 Å². The molecule has 10 heteroatoms. The van der Waals surface area contributed by atoms with Crippen molar-refractivity contribution < 1.29 is 23.1 Å². The van der Waals surface area contributed by atoms with Gasteiger partial charge >= 0.3 is 12.1 Å². The first-order valence-electron chi connectivity index (χ1n) is 7.00. The third-order valence-electron chi connectivity index (χ3n) is 3.89. The van der Waals surface area contributed by atoms with E-state index >= 15 is 0 Å². The van der Waals surface area contributed by atoms with Crippen LogP contribution in [0.1, 0.15) is 24.2 Å². The molecule has 0 saturated heterocycles. The van der Waals surface area contributed by atoms with Gasteiger partial charge < -0.3 is 5.11 Å². The van der Waals surface area contributed by atoms with Crippen molar-refractivity contribution in [2.45, 2.75) is 19.1 Å². The Hall–Kier alpha value is -2.06. The van der Waals surface area contributed by atoms with Gasteiger partial charge in [-0.05, 0) is 18.6 Å². The van der Waals surface area contributed by atoms with E-state index in [0.717, 1.165) is 10.7 Å². The molecule has 25 heavy (non-hydrogen) atoms. The number of hydrogen-bond donors (Lipinski definition) is 1.